The summed E-state index contributed by atoms with van der Waals surface area (Å²) in [6, 6.07) is 86.7. The van der Waals surface area contributed by atoms with Crippen molar-refractivity contribution in [1.82, 2.24) is 0 Å². The molecule has 0 aliphatic heterocycles. The maximum atomic E-state index is 7.66. The van der Waals surface area contributed by atoms with Crippen molar-refractivity contribution in [2.75, 3.05) is 0 Å². The number of aromatic nitrogens is 4. The number of furan rings is 4. The summed E-state index contributed by atoms with van der Waals surface area (Å²) in [5.74, 6) is 0. The smallest absolute Gasteiger partial charge is 0.213 e. The molecule has 0 fully saturated rings. The Kier molecular flexibility index (Phi) is 18.8. The van der Waals surface area contributed by atoms with Crippen LogP contribution in [0.15, 0.2) is 291 Å². The van der Waals surface area contributed by atoms with Gasteiger partial charge in [0.15, 0.2) is 22.3 Å². The summed E-state index contributed by atoms with van der Waals surface area (Å²) in [5, 5.41) is 18.9. The molecule has 530 valence electrons. The first kappa shape index (κ1) is 68.9. The minimum atomic E-state index is -2.10. The lowest BCUT2D eigenvalue weighted by atomic mass is 10.00. The van der Waals surface area contributed by atoms with Crippen LogP contribution in [0.1, 0.15) is 72.8 Å². The van der Waals surface area contributed by atoms with Gasteiger partial charge >= 0.3 is 0 Å². The molecule has 20 aromatic rings. The highest BCUT2D eigenvalue weighted by Crippen LogP contribution is 2.40. The second-order valence-electron chi connectivity index (χ2n) is 27.8. The fourth-order valence-electron chi connectivity index (χ4n) is 15.5. The Labute approximate surface area is 631 Å². The Hall–Kier alpha value is -12.5. The summed E-state index contributed by atoms with van der Waals surface area (Å²) in [7, 11) is 8.22. The molecule has 0 aliphatic carbocycles. The van der Waals surface area contributed by atoms with E-state index in [4.69, 9.17) is 21.8 Å². The molecule has 0 amide bonds. The average Bonchev–Trinajstić information content (AvgIpc) is 1.59. The molecule has 107 heavy (non-hydrogen) atoms. The second kappa shape index (κ2) is 29.2. The third kappa shape index (κ3) is 13.2. The number of rotatable bonds is 4. The van der Waals surface area contributed by atoms with Crippen molar-refractivity contribution < 1.29 is 40.0 Å². The number of fused-ring (bicyclic) bond motifs is 18. The molecule has 20 rings (SSSR count). The molecule has 0 atom stereocenters. The van der Waals surface area contributed by atoms with Gasteiger partial charge in [0.05, 0.1) is 0 Å². The van der Waals surface area contributed by atoms with Gasteiger partial charge in [0.25, 0.3) is 0 Å². The predicted molar refractivity (Wildman–Crippen MR) is 451 cm³/mol. The first-order valence-electron chi connectivity index (χ1n) is 36.5. The van der Waals surface area contributed by atoms with Crippen molar-refractivity contribution in [2.24, 2.45) is 28.2 Å². The zero-order valence-electron chi connectivity index (χ0n) is 62.4. The molecule has 0 bridgehead atoms. The lowest BCUT2D eigenvalue weighted by molar-refractivity contribution is -0.659. The lowest BCUT2D eigenvalue weighted by Crippen LogP contribution is -2.30. The summed E-state index contributed by atoms with van der Waals surface area (Å²) in [6.07, 6.45) is 8.27. The Morgan fingerprint density at radius 1 is 0.234 bits per heavy atom. The molecule has 0 N–H and O–H groups in total. The summed E-state index contributed by atoms with van der Waals surface area (Å²) >= 11 is 0. The quantitative estimate of drug-likeness (QED) is 0.165. The third-order valence-electron chi connectivity index (χ3n) is 20.7. The zero-order valence-corrected chi connectivity index (χ0v) is 59.4. The number of hydrogen-bond acceptors (Lipinski definition) is 4. The van der Waals surface area contributed by atoms with E-state index in [1.807, 2.05) is 49.0 Å². The number of pyridine rings is 4. The minimum absolute atomic E-state index is 0. The molecule has 8 heterocycles. The standard InChI is InChI=1S/3C24H20NO.C23H18NO.4CH4/c2*1-15-8-10-18(16(2)12-15)21-13-20-23(14-25(21)3)26-22-11-9-17-6-4-5-7-19(17)24(20)22;1-15-8-9-19(16(2)10-15)22-13-21-20-11-17-6-4-5-7-18(17)12-23(20)26-24(21)14-25(22)3;1-15-7-3-6-10-18(15)21-13-20-19-11-16-8-4-5-9-17(16)12-22(19)25-23(20)14-24(21)2;;;;/h3*4-14H,1-3H3;3-14H,1-2H3;4*1H4/q4*+1;;;;/i1D3;;;;;;;. The number of benzene rings is 12. The van der Waals surface area contributed by atoms with Gasteiger partial charge in [0.2, 0.25) is 47.6 Å². The fraction of sp³-hybridized carbons (Fsp3) is 0.152. The first-order valence-corrected chi connectivity index (χ1v) is 35.0. The van der Waals surface area contributed by atoms with Gasteiger partial charge in [-0.3, -0.25) is 0 Å². The van der Waals surface area contributed by atoms with Crippen LogP contribution in [-0.4, -0.2) is 0 Å². The number of aryl methyl sites for hydroxylation is 11. The van der Waals surface area contributed by atoms with Gasteiger partial charge in [-0.1, -0.05) is 210 Å². The zero-order chi connectivity index (χ0) is 73.0. The van der Waals surface area contributed by atoms with Crippen molar-refractivity contribution in [1.29, 1.82) is 0 Å². The predicted octanol–water partition coefficient (Wildman–Crippen LogP) is 25.6. The summed E-state index contributed by atoms with van der Waals surface area (Å²) in [4.78, 5) is 0. The van der Waals surface area contributed by atoms with Crippen molar-refractivity contribution in [2.45, 2.75) is 78.1 Å². The van der Waals surface area contributed by atoms with Gasteiger partial charge in [-0.15, -0.1) is 0 Å². The fourth-order valence-corrected chi connectivity index (χ4v) is 15.5. The highest BCUT2D eigenvalue weighted by Gasteiger charge is 2.24. The SMILES string of the molecule is C.C.C.C.Cc1ccc(-c2cc3c(c[n+]2C)oc2cc4ccccc4cc23)c(C)c1.Cc1ccc(-c2cc3c(c[n+]2C)oc2ccc4ccccc4c23)c(C)c1.Cc1ccccc1-c1cc2c(c[n+]1C)oc1cc3ccccc3cc12.[2H]C([2H])([2H])c1ccc(-c2cc3c(c[n+]2C)oc2ccc4ccccc4c23)c(C)c1. The molecule has 0 saturated carbocycles. The van der Waals surface area contributed by atoms with Crippen molar-refractivity contribution in [3.05, 3.63) is 312 Å². The lowest BCUT2D eigenvalue weighted by Gasteiger charge is -2.06. The second-order valence-corrected chi connectivity index (χ2v) is 27.8. The van der Waals surface area contributed by atoms with Crippen LogP contribution in [0.2, 0.25) is 0 Å². The first-order chi connectivity index (χ1) is 51.2. The molecular weight excluding hydrogens is 1310 g/mol. The van der Waals surface area contributed by atoms with Gasteiger partial charge in [-0.25, -0.2) is 0 Å². The largest absolute Gasteiger partial charge is 0.450 e. The van der Waals surface area contributed by atoms with E-state index in [-0.39, 0.29) is 29.7 Å². The van der Waals surface area contributed by atoms with Crippen LogP contribution < -0.4 is 18.3 Å². The molecule has 0 aliphatic rings. The van der Waals surface area contributed by atoms with E-state index < -0.39 is 6.85 Å². The van der Waals surface area contributed by atoms with Crippen LogP contribution in [-0.2, 0) is 28.2 Å². The molecule has 8 nitrogen and oxygen atoms in total. The maximum absolute atomic E-state index is 7.66. The van der Waals surface area contributed by atoms with E-state index in [9.17, 15) is 0 Å². The Balaban J connectivity index is 0.000000127. The molecule has 8 heteroatoms. The van der Waals surface area contributed by atoms with Gasteiger partial charge < -0.3 is 17.7 Å². The van der Waals surface area contributed by atoms with E-state index >= 15 is 0 Å². The van der Waals surface area contributed by atoms with E-state index in [0.29, 0.717) is 5.56 Å². The summed E-state index contributed by atoms with van der Waals surface area (Å²) in [6.45, 7) is 10.6. The van der Waals surface area contributed by atoms with Crippen molar-refractivity contribution in [3.63, 3.8) is 0 Å². The highest BCUT2D eigenvalue weighted by atomic mass is 16.3. The third-order valence-corrected chi connectivity index (χ3v) is 20.7. The molecule has 12 aromatic carbocycles. The average molecular weight is 1410 g/mol. The number of hydrogen-bond donors (Lipinski definition) is 0. The minimum Gasteiger partial charge on any atom is -0.450 e. The Morgan fingerprint density at radius 3 is 0.916 bits per heavy atom. The van der Waals surface area contributed by atoms with Gasteiger partial charge in [0, 0.05) is 93.7 Å². The van der Waals surface area contributed by atoms with Gasteiger partial charge in [-0.2, -0.15) is 18.3 Å². The van der Waals surface area contributed by atoms with Gasteiger partial charge in [-0.05, 0) is 174 Å². The maximum Gasteiger partial charge on any atom is 0.213 e. The monoisotopic (exact) mass is 1410 g/mol. The van der Waals surface area contributed by atoms with Crippen molar-refractivity contribution >= 4 is 131 Å². The normalized spacial score (nSPS) is 11.7. The van der Waals surface area contributed by atoms with Crippen molar-refractivity contribution in [3.8, 4) is 45.0 Å². The van der Waals surface area contributed by atoms with Crippen LogP contribution in [0.3, 0.4) is 0 Å². The van der Waals surface area contributed by atoms with E-state index in [1.165, 1.54) is 126 Å². The van der Waals surface area contributed by atoms with Crippen LogP contribution in [0.5, 0.6) is 0 Å². The van der Waals surface area contributed by atoms with Crippen LogP contribution in [0.4, 0.5) is 0 Å². The summed E-state index contributed by atoms with van der Waals surface area (Å²) < 4.78 is 56.1. The molecule has 0 unspecified atom stereocenters. The summed E-state index contributed by atoms with van der Waals surface area (Å²) in [5.41, 5.74) is 24.4. The van der Waals surface area contributed by atoms with Crippen LogP contribution in [0.25, 0.3) is 176 Å². The van der Waals surface area contributed by atoms with Gasteiger partial charge in [0.1, 0.15) is 50.5 Å². The Bertz CT molecular complexity index is 6970. The van der Waals surface area contributed by atoms with E-state index in [1.54, 1.807) is 12.1 Å². The van der Waals surface area contributed by atoms with Crippen LogP contribution >= 0.6 is 0 Å². The van der Waals surface area contributed by atoms with E-state index in [2.05, 4.69) is 300 Å². The molecule has 8 aromatic heterocycles. The molecule has 0 saturated heterocycles. The molecular formula is C99H94N4O4+4. The highest BCUT2D eigenvalue weighted by molar-refractivity contribution is 6.20. The van der Waals surface area contributed by atoms with E-state index in [0.717, 1.165) is 83.0 Å². The topological polar surface area (TPSA) is 68.1 Å². The van der Waals surface area contributed by atoms with Crippen LogP contribution in [0, 0.1) is 48.4 Å². The number of nitrogens with zero attached hydrogens (tertiary/aromatic N) is 4. The Morgan fingerprint density at radius 2 is 0.533 bits per heavy atom. The molecule has 0 spiro atoms. The molecule has 0 radical (unpaired) electrons.